The summed E-state index contributed by atoms with van der Waals surface area (Å²) >= 11 is 0. The highest BCUT2D eigenvalue weighted by molar-refractivity contribution is 5.34. The van der Waals surface area contributed by atoms with E-state index in [-0.39, 0.29) is 0 Å². The molecule has 0 radical (unpaired) electrons. The van der Waals surface area contributed by atoms with Crippen LogP contribution in [-0.4, -0.2) is 65.5 Å². The molecule has 0 aromatic carbocycles. The molecular weight excluding hydrogens is 292 g/mol. The zero-order valence-electron chi connectivity index (χ0n) is 14.8. The fourth-order valence-electron chi connectivity index (χ4n) is 2.88. The number of morpholine rings is 1. The van der Waals surface area contributed by atoms with E-state index >= 15 is 0 Å². The SMILES string of the molecule is Cc1nc(NC[C@H](O)CN2CCOCC2)nc(C)c1CC(C)C. The zero-order valence-corrected chi connectivity index (χ0v) is 14.8. The van der Waals surface area contributed by atoms with E-state index in [0.717, 1.165) is 44.1 Å². The summed E-state index contributed by atoms with van der Waals surface area (Å²) in [4.78, 5) is 11.3. The average molecular weight is 322 g/mol. The largest absolute Gasteiger partial charge is 0.390 e. The van der Waals surface area contributed by atoms with Crippen molar-refractivity contribution in [3.63, 3.8) is 0 Å². The Hall–Kier alpha value is -1.24. The maximum Gasteiger partial charge on any atom is 0.223 e. The molecule has 6 nitrogen and oxygen atoms in total. The molecule has 23 heavy (non-hydrogen) atoms. The van der Waals surface area contributed by atoms with E-state index in [1.54, 1.807) is 0 Å². The first-order chi connectivity index (χ1) is 11.0. The van der Waals surface area contributed by atoms with Gasteiger partial charge in [0.2, 0.25) is 5.95 Å². The lowest BCUT2D eigenvalue weighted by molar-refractivity contribution is 0.0171. The lowest BCUT2D eigenvalue weighted by Crippen LogP contribution is -2.42. The van der Waals surface area contributed by atoms with Gasteiger partial charge in [-0.15, -0.1) is 0 Å². The minimum atomic E-state index is -0.437. The molecule has 2 N–H and O–H groups in total. The van der Waals surface area contributed by atoms with E-state index in [0.29, 0.717) is 25.0 Å². The summed E-state index contributed by atoms with van der Waals surface area (Å²) in [5.41, 5.74) is 3.28. The van der Waals surface area contributed by atoms with E-state index in [9.17, 15) is 5.11 Å². The molecule has 130 valence electrons. The second kappa shape index (κ2) is 8.57. The molecule has 1 atom stereocenters. The monoisotopic (exact) mass is 322 g/mol. The third-order valence-corrected chi connectivity index (χ3v) is 4.10. The standard InChI is InChI=1S/C17H30N4O2/c1-12(2)9-16-13(3)19-17(20-14(16)4)18-10-15(22)11-21-5-7-23-8-6-21/h12,15,22H,5-11H2,1-4H3,(H,18,19,20)/t15-/m0/s1. The third-order valence-electron chi connectivity index (χ3n) is 4.10. The number of nitrogens with one attached hydrogen (secondary N) is 1. The molecule has 1 saturated heterocycles. The number of ether oxygens (including phenoxy) is 1. The van der Waals surface area contributed by atoms with Crippen molar-refractivity contribution < 1.29 is 9.84 Å². The number of hydrogen-bond donors (Lipinski definition) is 2. The molecule has 1 aromatic rings. The van der Waals surface area contributed by atoms with Crippen molar-refractivity contribution in [2.45, 2.75) is 40.2 Å². The predicted octanol–water partition coefficient (Wildman–Crippen LogP) is 1.40. The van der Waals surface area contributed by atoms with Crippen LogP contribution in [0.1, 0.15) is 30.8 Å². The molecule has 1 aliphatic heterocycles. The van der Waals surface area contributed by atoms with Crippen molar-refractivity contribution in [3.05, 3.63) is 17.0 Å². The molecule has 0 amide bonds. The van der Waals surface area contributed by atoms with Crippen LogP contribution in [0.5, 0.6) is 0 Å². The summed E-state index contributed by atoms with van der Waals surface area (Å²) in [6.07, 6.45) is 0.560. The minimum Gasteiger partial charge on any atom is -0.390 e. The Kier molecular flexibility index (Phi) is 6.74. The van der Waals surface area contributed by atoms with E-state index in [1.165, 1.54) is 5.56 Å². The molecule has 0 bridgehead atoms. The van der Waals surface area contributed by atoms with Gasteiger partial charge in [-0.25, -0.2) is 9.97 Å². The van der Waals surface area contributed by atoms with Crippen LogP contribution < -0.4 is 5.32 Å². The predicted molar refractivity (Wildman–Crippen MR) is 91.8 cm³/mol. The Morgan fingerprint density at radius 1 is 1.17 bits per heavy atom. The van der Waals surface area contributed by atoms with Gasteiger partial charge in [0.25, 0.3) is 0 Å². The first-order valence-corrected chi connectivity index (χ1v) is 8.52. The second-order valence-corrected chi connectivity index (χ2v) is 6.74. The van der Waals surface area contributed by atoms with Gasteiger partial charge >= 0.3 is 0 Å². The molecular formula is C17H30N4O2. The van der Waals surface area contributed by atoms with Crippen LogP contribution in [0.3, 0.4) is 0 Å². The van der Waals surface area contributed by atoms with E-state index in [4.69, 9.17) is 4.74 Å². The molecule has 0 saturated carbocycles. The van der Waals surface area contributed by atoms with Gasteiger partial charge in [0.15, 0.2) is 0 Å². The first kappa shape index (κ1) is 18.1. The van der Waals surface area contributed by atoms with Crippen molar-refractivity contribution in [1.82, 2.24) is 14.9 Å². The van der Waals surface area contributed by atoms with Gasteiger partial charge in [0.05, 0.1) is 19.3 Å². The van der Waals surface area contributed by atoms with Gasteiger partial charge in [0, 0.05) is 37.6 Å². The molecule has 2 heterocycles. The third kappa shape index (κ3) is 5.71. The molecule has 0 aliphatic carbocycles. The number of aliphatic hydroxyl groups excluding tert-OH is 1. The smallest absolute Gasteiger partial charge is 0.223 e. The Morgan fingerprint density at radius 3 is 2.35 bits per heavy atom. The fourth-order valence-corrected chi connectivity index (χ4v) is 2.88. The number of aryl methyl sites for hydroxylation is 2. The molecule has 1 aliphatic rings. The number of aromatic nitrogens is 2. The van der Waals surface area contributed by atoms with Gasteiger partial charge in [-0.05, 0) is 31.7 Å². The van der Waals surface area contributed by atoms with Crippen molar-refractivity contribution in [2.24, 2.45) is 5.92 Å². The van der Waals surface area contributed by atoms with Crippen molar-refractivity contribution in [1.29, 1.82) is 0 Å². The fraction of sp³-hybridized carbons (Fsp3) is 0.765. The lowest BCUT2D eigenvalue weighted by atomic mass is 10.0. The van der Waals surface area contributed by atoms with Crippen LogP contribution in [0.25, 0.3) is 0 Å². The van der Waals surface area contributed by atoms with Crippen LogP contribution in [0.4, 0.5) is 5.95 Å². The van der Waals surface area contributed by atoms with E-state index < -0.39 is 6.10 Å². The molecule has 0 spiro atoms. The number of β-amino-alcohol motifs (C(OH)–C–C–N with tert-alkyl or cyclic N) is 1. The Labute approximate surface area is 139 Å². The number of anilines is 1. The molecule has 1 aromatic heterocycles. The molecule has 1 fully saturated rings. The summed E-state index contributed by atoms with van der Waals surface area (Å²) < 4.78 is 5.32. The van der Waals surface area contributed by atoms with Gasteiger partial charge in [0.1, 0.15) is 0 Å². The maximum absolute atomic E-state index is 10.2. The van der Waals surface area contributed by atoms with Crippen LogP contribution in [0, 0.1) is 19.8 Å². The van der Waals surface area contributed by atoms with Crippen molar-refractivity contribution >= 4 is 5.95 Å². The zero-order chi connectivity index (χ0) is 16.8. The Bertz CT molecular complexity index is 478. The number of aliphatic hydroxyl groups is 1. The Morgan fingerprint density at radius 2 is 1.78 bits per heavy atom. The van der Waals surface area contributed by atoms with Gasteiger partial charge < -0.3 is 15.2 Å². The van der Waals surface area contributed by atoms with Crippen LogP contribution in [-0.2, 0) is 11.2 Å². The van der Waals surface area contributed by atoms with Gasteiger partial charge in [-0.1, -0.05) is 13.8 Å². The summed E-state index contributed by atoms with van der Waals surface area (Å²) in [5.74, 6) is 1.19. The lowest BCUT2D eigenvalue weighted by Gasteiger charge is -2.28. The van der Waals surface area contributed by atoms with Crippen LogP contribution in [0.2, 0.25) is 0 Å². The summed E-state index contributed by atoms with van der Waals surface area (Å²) in [7, 11) is 0. The Balaban J connectivity index is 1.87. The molecule has 0 unspecified atom stereocenters. The minimum absolute atomic E-state index is 0.437. The normalized spacial score (nSPS) is 17.5. The summed E-state index contributed by atoms with van der Waals surface area (Å²) in [6.45, 7) is 12.8. The quantitative estimate of drug-likeness (QED) is 0.791. The topological polar surface area (TPSA) is 70.5 Å². The highest BCUT2D eigenvalue weighted by atomic mass is 16.5. The second-order valence-electron chi connectivity index (χ2n) is 6.74. The maximum atomic E-state index is 10.2. The highest BCUT2D eigenvalue weighted by Gasteiger charge is 2.15. The van der Waals surface area contributed by atoms with Crippen LogP contribution >= 0.6 is 0 Å². The average Bonchev–Trinajstić information content (AvgIpc) is 2.50. The molecule has 2 rings (SSSR count). The van der Waals surface area contributed by atoms with E-state index in [2.05, 4.69) is 34.0 Å². The number of nitrogens with zero attached hydrogens (tertiary/aromatic N) is 3. The van der Waals surface area contributed by atoms with Crippen LogP contribution in [0.15, 0.2) is 0 Å². The van der Waals surface area contributed by atoms with Gasteiger partial charge in [-0.3, -0.25) is 4.90 Å². The molecule has 6 heteroatoms. The van der Waals surface area contributed by atoms with Gasteiger partial charge in [-0.2, -0.15) is 0 Å². The summed E-state index contributed by atoms with van der Waals surface area (Å²) in [6, 6.07) is 0. The number of hydrogen-bond acceptors (Lipinski definition) is 6. The van der Waals surface area contributed by atoms with Crippen molar-refractivity contribution in [2.75, 3.05) is 44.7 Å². The summed E-state index contributed by atoms with van der Waals surface area (Å²) in [5, 5.41) is 13.3. The highest BCUT2D eigenvalue weighted by Crippen LogP contribution is 2.16. The number of rotatable bonds is 7. The first-order valence-electron chi connectivity index (χ1n) is 8.52. The van der Waals surface area contributed by atoms with E-state index in [1.807, 2.05) is 13.8 Å². The van der Waals surface area contributed by atoms with Crippen molar-refractivity contribution in [3.8, 4) is 0 Å².